The van der Waals surface area contributed by atoms with Gasteiger partial charge in [0.1, 0.15) is 5.82 Å². The molecule has 1 rings (SSSR count). The lowest BCUT2D eigenvalue weighted by Crippen LogP contribution is -2.35. The van der Waals surface area contributed by atoms with E-state index in [1.54, 1.807) is 6.07 Å². The van der Waals surface area contributed by atoms with Crippen molar-refractivity contribution in [1.29, 1.82) is 0 Å². The second-order valence-corrected chi connectivity index (χ2v) is 6.69. The van der Waals surface area contributed by atoms with Crippen molar-refractivity contribution < 1.29 is 4.39 Å². The first-order valence-corrected chi connectivity index (χ1v) is 7.27. The molecule has 0 bridgehead atoms. The van der Waals surface area contributed by atoms with E-state index in [9.17, 15) is 4.39 Å². The third-order valence-corrected chi connectivity index (χ3v) is 3.70. The minimum absolute atomic E-state index is 0.122. The summed E-state index contributed by atoms with van der Waals surface area (Å²) in [6.45, 7) is 14.1. The van der Waals surface area contributed by atoms with Crippen LogP contribution in [0, 0.1) is 18.2 Å². The number of rotatable bonds is 5. The van der Waals surface area contributed by atoms with Crippen LogP contribution >= 0.6 is 0 Å². The number of hydrogen-bond donors (Lipinski definition) is 0. The van der Waals surface area contributed by atoms with E-state index in [0.717, 1.165) is 30.6 Å². The summed E-state index contributed by atoms with van der Waals surface area (Å²) in [7, 11) is 0. The van der Waals surface area contributed by atoms with E-state index in [1.807, 2.05) is 19.1 Å². The summed E-state index contributed by atoms with van der Waals surface area (Å²) in [6, 6.07) is 5.92. The van der Waals surface area contributed by atoms with E-state index in [4.69, 9.17) is 0 Å². The van der Waals surface area contributed by atoms with E-state index in [2.05, 4.69) is 39.5 Å². The van der Waals surface area contributed by atoms with Crippen molar-refractivity contribution in [2.24, 2.45) is 5.41 Å². The monoisotopic (exact) mass is 265 g/mol. The molecule has 19 heavy (non-hydrogen) atoms. The highest BCUT2D eigenvalue weighted by atomic mass is 19.1. The summed E-state index contributed by atoms with van der Waals surface area (Å²) in [4.78, 5) is 2.40. The summed E-state index contributed by atoms with van der Waals surface area (Å²) < 4.78 is 13.4. The summed E-state index contributed by atoms with van der Waals surface area (Å²) in [6.07, 6.45) is 2.23. The van der Waals surface area contributed by atoms with E-state index >= 15 is 0 Å². The van der Waals surface area contributed by atoms with Gasteiger partial charge in [0.15, 0.2) is 0 Å². The first-order chi connectivity index (χ1) is 8.74. The maximum Gasteiger partial charge on any atom is 0.126 e. The number of benzene rings is 1. The SMILES string of the molecule is CCC(C)N(CCC(C)(C)C)c1ccc(F)c(C)c1. The molecule has 1 aromatic carbocycles. The van der Waals surface area contributed by atoms with Crippen molar-refractivity contribution in [3.8, 4) is 0 Å². The van der Waals surface area contributed by atoms with Crippen LogP contribution in [0.3, 0.4) is 0 Å². The van der Waals surface area contributed by atoms with Gasteiger partial charge in [-0.3, -0.25) is 0 Å². The second kappa shape index (κ2) is 6.40. The number of halogens is 1. The average Bonchev–Trinajstić information content (AvgIpc) is 2.32. The van der Waals surface area contributed by atoms with Gasteiger partial charge in [-0.1, -0.05) is 27.7 Å². The molecule has 0 spiro atoms. The van der Waals surface area contributed by atoms with Gasteiger partial charge >= 0.3 is 0 Å². The minimum atomic E-state index is -0.122. The first kappa shape index (κ1) is 16.0. The normalized spacial score (nSPS) is 13.4. The van der Waals surface area contributed by atoms with Gasteiger partial charge in [0, 0.05) is 18.3 Å². The molecule has 0 saturated carbocycles. The van der Waals surface area contributed by atoms with E-state index in [0.29, 0.717) is 11.5 Å². The average molecular weight is 265 g/mol. The molecule has 1 unspecified atom stereocenters. The molecule has 1 atom stereocenters. The first-order valence-electron chi connectivity index (χ1n) is 7.27. The topological polar surface area (TPSA) is 3.24 Å². The van der Waals surface area contributed by atoms with Gasteiger partial charge in [0.25, 0.3) is 0 Å². The third-order valence-electron chi connectivity index (χ3n) is 3.70. The lowest BCUT2D eigenvalue weighted by atomic mass is 9.91. The van der Waals surface area contributed by atoms with Crippen LogP contribution in [0.15, 0.2) is 18.2 Å². The van der Waals surface area contributed by atoms with Gasteiger partial charge in [-0.15, -0.1) is 0 Å². The molecule has 0 aliphatic carbocycles. The van der Waals surface area contributed by atoms with Crippen molar-refractivity contribution in [3.05, 3.63) is 29.6 Å². The highest BCUT2D eigenvalue weighted by molar-refractivity contribution is 5.49. The molecular formula is C17H28FN. The van der Waals surface area contributed by atoms with Crippen molar-refractivity contribution in [2.75, 3.05) is 11.4 Å². The molecule has 0 heterocycles. The van der Waals surface area contributed by atoms with Gasteiger partial charge in [-0.2, -0.15) is 0 Å². The number of hydrogen-bond acceptors (Lipinski definition) is 1. The van der Waals surface area contributed by atoms with Gasteiger partial charge < -0.3 is 4.90 Å². The Labute approximate surface area is 117 Å². The van der Waals surface area contributed by atoms with Gasteiger partial charge in [-0.05, 0) is 55.9 Å². The summed E-state index contributed by atoms with van der Waals surface area (Å²) >= 11 is 0. The standard InChI is InChI=1S/C17H28FN/c1-7-14(3)19(11-10-17(4,5)6)15-8-9-16(18)13(2)12-15/h8-9,12,14H,7,10-11H2,1-6H3. The lowest BCUT2D eigenvalue weighted by Gasteiger charge is -2.33. The number of anilines is 1. The highest BCUT2D eigenvalue weighted by Gasteiger charge is 2.18. The van der Waals surface area contributed by atoms with Crippen molar-refractivity contribution >= 4 is 5.69 Å². The van der Waals surface area contributed by atoms with Crippen LogP contribution in [-0.2, 0) is 0 Å². The highest BCUT2D eigenvalue weighted by Crippen LogP contribution is 2.25. The molecule has 2 heteroatoms. The lowest BCUT2D eigenvalue weighted by molar-refractivity contribution is 0.372. The van der Waals surface area contributed by atoms with Crippen LogP contribution < -0.4 is 4.90 Å². The van der Waals surface area contributed by atoms with Gasteiger partial charge in [-0.25, -0.2) is 4.39 Å². The maximum absolute atomic E-state index is 13.4. The molecule has 0 fully saturated rings. The Kier molecular flexibility index (Phi) is 5.39. The fraction of sp³-hybridized carbons (Fsp3) is 0.647. The Morgan fingerprint density at radius 1 is 1.26 bits per heavy atom. The Balaban J connectivity index is 2.93. The molecule has 0 saturated heterocycles. The van der Waals surface area contributed by atoms with Crippen molar-refractivity contribution in [1.82, 2.24) is 0 Å². The van der Waals surface area contributed by atoms with Gasteiger partial charge in [0.2, 0.25) is 0 Å². The Bertz CT molecular complexity index is 406. The van der Waals surface area contributed by atoms with Crippen LogP contribution in [0.2, 0.25) is 0 Å². The molecule has 108 valence electrons. The predicted molar refractivity (Wildman–Crippen MR) is 82.3 cm³/mol. The van der Waals surface area contributed by atoms with Crippen LogP contribution in [0.4, 0.5) is 10.1 Å². The Morgan fingerprint density at radius 3 is 2.37 bits per heavy atom. The van der Waals surface area contributed by atoms with E-state index in [-0.39, 0.29) is 5.82 Å². The molecule has 0 radical (unpaired) electrons. The van der Waals surface area contributed by atoms with Gasteiger partial charge in [0.05, 0.1) is 0 Å². The molecule has 0 amide bonds. The molecule has 0 aliphatic heterocycles. The number of nitrogens with zero attached hydrogens (tertiary/aromatic N) is 1. The zero-order valence-corrected chi connectivity index (χ0v) is 13.3. The molecular weight excluding hydrogens is 237 g/mol. The van der Waals surface area contributed by atoms with Crippen molar-refractivity contribution in [2.45, 2.75) is 60.4 Å². The molecule has 1 aromatic rings. The third kappa shape index (κ3) is 4.85. The zero-order valence-electron chi connectivity index (χ0n) is 13.3. The minimum Gasteiger partial charge on any atom is -0.369 e. The molecule has 0 N–H and O–H groups in total. The molecule has 0 aromatic heterocycles. The fourth-order valence-electron chi connectivity index (χ4n) is 2.09. The van der Waals surface area contributed by atoms with Crippen LogP contribution in [0.25, 0.3) is 0 Å². The Hall–Kier alpha value is -1.05. The fourth-order valence-corrected chi connectivity index (χ4v) is 2.09. The van der Waals surface area contributed by atoms with Crippen LogP contribution in [0.1, 0.15) is 53.0 Å². The quantitative estimate of drug-likeness (QED) is 0.709. The summed E-state index contributed by atoms with van der Waals surface area (Å²) in [5.74, 6) is -0.122. The summed E-state index contributed by atoms with van der Waals surface area (Å²) in [5.41, 5.74) is 2.18. The largest absolute Gasteiger partial charge is 0.369 e. The molecule has 0 aliphatic rings. The van der Waals surface area contributed by atoms with Crippen LogP contribution in [0.5, 0.6) is 0 Å². The number of aryl methyl sites for hydroxylation is 1. The van der Waals surface area contributed by atoms with Crippen LogP contribution in [-0.4, -0.2) is 12.6 Å². The smallest absolute Gasteiger partial charge is 0.126 e. The van der Waals surface area contributed by atoms with Crippen molar-refractivity contribution in [3.63, 3.8) is 0 Å². The maximum atomic E-state index is 13.4. The zero-order chi connectivity index (χ0) is 14.6. The second-order valence-electron chi connectivity index (χ2n) is 6.69. The summed E-state index contributed by atoms with van der Waals surface area (Å²) in [5, 5.41) is 0. The Morgan fingerprint density at radius 2 is 1.89 bits per heavy atom. The van der Waals surface area contributed by atoms with E-state index in [1.165, 1.54) is 0 Å². The van der Waals surface area contributed by atoms with E-state index < -0.39 is 0 Å². The predicted octanol–water partition coefficient (Wildman–Crippen LogP) is 5.18. The molecule has 1 nitrogen and oxygen atoms in total.